The van der Waals surface area contributed by atoms with Crippen molar-refractivity contribution in [3.8, 4) is 5.75 Å². The summed E-state index contributed by atoms with van der Waals surface area (Å²) >= 11 is 2.81. The van der Waals surface area contributed by atoms with E-state index < -0.39 is 38.3 Å². The van der Waals surface area contributed by atoms with Crippen LogP contribution in [0.4, 0.5) is 11.4 Å². The third-order valence-electron chi connectivity index (χ3n) is 1.90. The minimum atomic E-state index is -0.993. The standard InChI is InChI=1S/C8H5BrN2O6/c9-3-7(12)5-1-4(10(14)15)2-6(8(5)13)11(16)17/h1-2,13H,3H2. The second-order valence-corrected chi connectivity index (χ2v) is 3.49. The normalized spacial score (nSPS) is 9.94. The molecular weight excluding hydrogens is 300 g/mol. The molecule has 0 aliphatic heterocycles. The van der Waals surface area contributed by atoms with Crippen molar-refractivity contribution < 1.29 is 19.7 Å². The summed E-state index contributed by atoms with van der Waals surface area (Å²) in [7, 11) is 0. The molecule has 0 atom stereocenters. The number of Topliss-reactive ketones (excluding diaryl/α,β-unsaturated/α-hetero) is 1. The van der Waals surface area contributed by atoms with Crippen molar-refractivity contribution in [2.75, 3.05) is 5.33 Å². The summed E-state index contributed by atoms with van der Waals surface area (Å²) in [6.45, 7) is 0. The van der Waals surface area contributed by atoms with Crippen LogP contribution >= 0.6 is 15.9 Å². The van der Waals surface area contributed by atoms with Gasteiger partial charge in [0.1, 0.15) is 0 Å². The van der Waals surface area contributed by atoms with Crippen LogP contribution in [0.25, 0.3) is 0 Å². The lowest BCUT2D eigenvalue weighted by atomic mass is 10.1. The number of halogens is 1. The summed E-state index contributed by atoms with van der Waals surface area (Å²) in [5.41, 5.74) is -1.95. The molecule has 0 saturated carbocycles. The fourth-order valence-corrected chi connectivity index (χ4v) is 1.44. The number of benzene rings is 1. The van der Waals surface area contributed by atoms with Crippen LogP contribution in [0.3, 0.4) is 0 Å². The lowest BCUT2D eigenvalue weighted by Gasteiger charge is -2.02. The third kappa shape index (κ3) is 2.56. The van der Waals surface area contributed by atoms with E-state index in [0.29, 0.717) is 6.07 Å². The molecule has 0 radical (unpaired) electrons. The Balaban J connectivity index is 3.54. The van der Waals surface area contributed by atoms with Crippen LogP contribution in [0.15, 0.2) is 12.1 Å². The molecule has 0 aliphatic carbocycles. The van der Waals surface area contributed by atoms with E-state index in [1.54, 1.807) is 0 Å². The average molecular weight is 305 g/mol. The van der Waals surface area contributed by atoms with Crippen molar-refractivity contribution in [1.82, 2.24) is 0 Å². The maximum Gasteiger partial charge on any atom is 0.318 e. The zero-order chi connectivity index (χ0) is 13.2. The van der Waals surface area contributed by atoms with Gasteiger partial charge in [0.15, 0.2) is 5.78 Å². The van der Waals surface area contributed by atoms with Gasteiger partial charge in [0.2, 0.25) is 5.75 Å². The van der Waals surface area contributed by atoms with Gasteiger partial charge >= 0.3 is 5.69 Å². The van der Waals surface area contributed by atoms with Gasteiger partial charge in [-0.3, -0.25) is 25.0 Å². The van der Waals surface area contributed by atoms with Crippen molar-refractivity contribution in [2.45, 2.75) is 0 Å². The summed E-state index contributed by atoms with van der Waals surface area (Å²) in [6, 6.07) is 1.40. The first-order valence-electron chi connectivity index (χ1n) is 4.13. The Morgan fingerprint density at radius 2 is 1.88 bits per heavy atom. The lowest BCUT2D eigenvalue weighted by molar-refractivity contribution is -0.394. The van der Waals surface area contributed by atoms with Crippen LogP contribution in [0.5, 0.6) is 5.75 Å². The number of rotatable bonds is 4. The number of hydrogen-bond donors (Lipinski definition) is 1. The molecule has 17 heavy (non-hydrogen) atoms. The van der Waals surface area contributed by atoms with E-state index in [4.69, 9.17) is 0 Å². The second kappa shape index (κ2) is 4.87. The van der Waals surface area contributed by atoms with Gasteiger partial charge in [-0.25, -0.2) is 0 Å². The highest BCUT2D eigenvalue weighted by Crippen LogP contribution is 2.34. The molecule has 0 saturated heterocycles. The molecule has 90 valence electrons. The summed E-state index contributed by atoms with van der Waals surface area (Å²) in [5.74, 6) is -1.56. The Morgan fingerprint density at radius 1 is 1.29 bits per heavy atom. The van der Waals surface area contributed by atoms with Crippen LogP contribution in [0.1, 0.15) is 10.4 Å². The van der Waals surface area contributed by atoms with Crippen molar-refractivity contribution in [1.29, 1.82) is 0 Å². The van der Waals surface area contributed by atoms with Gasteiger partial charge in [0, 0.05) is 6.07 Å². The highest BCUT2D eigenvalue weighted by atomic mass is 79.9. The first-order chi connectivity index (χ1) is 7.88. The summed E-state index contributed by atoms with van der Waals surface area (Å²) in [5, 5.41) is 30.3. The van der Waals surface area contributed by atoms with Crippen molar-refractivity contribution in [3.05, 3.63) is 37.9 Å². The molecule has 0 amide bonds. The maximum atomic E-state index is 11.3. The first-order valence-corrected chi connectivity index (χ1v) is 5.25. The van der Waals surface area contributed by atoms with Crippen LogP contribution in [0.2, 0.25) is 0 Å². The number of carbonyl (C=O) groups is 1. The first kappa shape index (κ1) is 13.0. The zero-order valence-corrected chi connectivity index (χ0v) is 9.71. The Kier molecular flexibility index (Phi) is 3.73. The fraction of sp³-hybridized carbons (Fsp3) is 0.125. The topological polar surface area (TPSA) is 124 Å². The minimum absolute atomic E-state index is 0.209. The predicted octanol–water partition coefficient (Wildman–Crippen LogP) is 1.79. The predicted molar refractivity (Wildman–Crippen MR) is 59.5 cm³/mol. The molecule has 1 aromatic carbocycles. The number of alkyl halides is 1. The Labute approximate surface area is 102 Å². The van der Waals surface area contributed by atoms with Gasteiger partial charge in [0.05, 0.1) is 26.8 Å². The van der Waals surface area contributed by atoms with E-state index in [2.05, 4.69) is 15.9 Å². The number of nitro benzene ring substituents is 2. The number of ketones is 1. The summed E-state index contributed by atoms with van der Waals surface area (Å²) < 4.78 is 0. The molecule has 1 aromatic rings. The number of aromatic hydroxyl groups is 1. The molecule has 0 spiro atoms. The molecule has 1 rings (SSSR count). The molecule has 8 nitrogen and oxygen atoms in total. The molecule has 0 aromatic heterocycles. The van der Waals surface area contributed by atoms with E-state index >= 15 is 0 Å². The van der Waals surface area contributed by atoms with Gasteiger partial charge in [0.25, 0.3) is 5.69 Å². The average Bonchev–Trinajstić information content (AvgIpc) is 2.27. The molecule has 0 heterocycles. The Hall–Kier alpha value is -2.03. The summed E-state index contributed by atoms with van der Waals surface area (Å²) in [6.07, 6.45) is 0. The van der Waals surface area contributed by atoms with E-state index in [0.717, 1.165) is 6.07 Å². The molecular formula is C8H5BrN2O6. The maximum absolute atomic E-state index is 11.3. The lowest BCUT2D eigenvalue weighted by Crippen LogP contribution is -2.04. The van der Waals surface area contributed by atoms with Crippen LogP contribution in [-0.4, -0.2) is 26.1 Å². The largest absolute Gasteiger partial charge is 0.502 e. The van der Waals surface area contributed by atoms with E-state index in [1.165, 1.54) is 0 Å². The smallest absolute Gasteiger partial charge is 0.318 e. The van der Waals surface area contributed by atoms with E-state index in [9.17, 15) is 30.1 Å². The van der Waals surface area contributed by atoms with E-state index in [-0.39, 0.29) is 5.33 Å². The molecule has 9 heteroatoms. The monoisotopic (exact) mass is 304 g/mol. The Morgan fingerprint density at radius 3 is 2.29 bits per heavy atom. The second-order valence-electron chi connectivity index (χ2n) is 2.93. The van der Waals surface area contributed by atoms with Gasteiger partial charge in [-0.1, -0.05) is 15.9 Å². The number of phenolic OH excluding ortho intramolecular Hbond substituents is 1. The van der Waals surface area contributed by atoms with Gasteiger partial charge < -0.3 is 5.11 Å². The molecule has 0 aliphatic rings. The van der Waals surface area contributed by atoms with Crippen LogP contribution < -0.4 is 0 Å². The van der Waals surface area contributed by atoms with Crippen LogP contribution in [-0.2, 0) is 0 Å². The number of nitrogens with zero attached hydrogens (tertiary/aromatic N) is 2. The molecule has 1 N–H and O–H groups in total. The molecule has 0 unspecified atom stereocenters. The van der Waals surface area contributed by atoms with Crippen molar-refractivity contribution >= 4 is 33.1 Å². The number of hydrogen-bond acceptors (Lipinski definition) is 6. The third-order valence-corrected chi connectivity index (χ3v) is 2.41. The molecule has 0 bridgehead atoms. The zero-order valence-electron chi connectivity index (χ0n) is 8.12. The SMILES string of the molecule is O=C(CBr)c1cc([N+](=O)[O-])cc([N+](=O)[O-])c1O. The summed E-state index contributed by atoms with van der Waals surface area (Å²) in [4.78, 5) is 30.5. The van der Waals surface area contributed by atoms with Gasteiger partial charge in [-0.05, 0) is 0 Å². The van der Waals surface area contributed by atoms with Crippen LogP contribution in [0, 0.1) is 20.2 Å². The number of non-ortho nitro benzene ring substituents is 1. The minimum Gasteiger partial charge on any atom is -0.502 e. The van der Waals surface area contributed by atoms with Crippen molar-refractivity contribution in [3.63, 3.8) is 0 Å². The quantitative estimate of drug-likeness (QED) is 0.391. The van der Waals surface area contributed by atoms with Gasteiger partial charge in [-0.2, -0.15) is 0 Å². The highest BCUT2D eigenvalue weighted by molar-refractivity contribution is 9.09. The fourth-order valence-electron chi connectivity index (χ4n) is 1.13. The number of carbonyl (C=O) groups excluding carboxylic acids is 1. The number of phenols is 1. The Bertz CT molecular complexity index is 515. The highest BCUT2D eigenvalue weighted by Gasteiger charge is 2.26. The molecule has 0 fully saturated rings. The van der Waals surface area contributed by atoms with E-state index in [1.807, 2.05) is 0 Å². The number of nitro groups is 2. The van der Waals surface area contributed by atoms with Crippen molar-refractivity contribution in [2.24, 2.45) is 0 Å². The van der Waals surface area contributed by atoms with Gasteiger partial charge in [-0.15, -0.1) is 0 Å².